The molecule has 3 heterocycles. The number of carbonyl (C=O) groups is 2. The van der Waals surface area contributed by atoms with Crippen LogP contribution in [0.5, 0.6) is 0 Å². The van der Waals surface area contributed by atoms with Crippen molar-refractivity contribution >= 4 is 11.8 Å². The van der Waals surface area contributed by atoms with E-state index in [0.29, 0.717) is 18.0 Å². The summed E-state index contributed by atoms with van der Waals surface area (Å²) in [6.07, 6.45) is 8.93. The van der Waals surface area contributed by atoms with Crippen molar-refractivity contribution in [1.29, 1.82) is 0 Å². The Morgan fingerprint density at radius 2 is 2.15 bits per heavy atom. The van der Waals surface area contributed by atoms with Gasteiger partial charge in [-0.25, -0.2) is 0 Å². The van der Waals surface area contributed by atoms with Crippen LogP contribution in [0.1, 0.15) is 62.4 Å². The third-order valence-electron chi connectivity index (χ3n) is 6.24. The smallest absolute Gasteiger partial charge is 0.272 e. The summed E-state index contributed by atoms with van der Waals surface area (Å²) in [5.74, 6) is 1.13. The summed E-state index contributed by atoms with van der Waals surface area (Å²) in [7, 11) is 0. The Bertz CT molecular complexity index is 681. The number of hydrogen-bond acceptors (Lipinski definition) is 3. The van der Waals surface area contributed by atoms with Crippen molar-refractivity contribution in [3.05, 3.63) is 18.0 Å². The SMILES string of the molecule is CCCn1nccc1C(=O)N1CCCC2(CCC(=O)N(CC3CC3)C2)C1. The molecule has 6 nitrogen and oxygen atoms in total. The molecule has 1 aromatic heterocycles. The minimum Gasteiger partial charge on any atom is -0.342 e. The maximum atomic E-state index is 13.1. The molecule has 6 heteroatoms. The summed E-state index contributed by atoms with van der Waals surface area (Å²) in [6.45, 7) is 6.22. The molecule has 1 aromatic rings. The summed E-state index contributed by atoms with van der Waals surface area (Å²) in [5.41, 5.74) is 0.789. The zero-order valence-corrected chi connectivity index (χ0v) is 15.8. The molecular formula is C20H30N4O2. The van der Waals surface area contributed by atoms with E-state index in [1.54, 1.807) is 6.20 Å². The van der Waals surface area contributed by atoms with Crippen molar-refractivity contribution in [3.63, 3.8) is 0 Å². The maximum absolute atomic E-state index is 13.1. The monoisotopic (exact) mass is 358 g/mol. The van der Waals surface area contributed by atoms with E-state index < -0.39 is 0 Å². The first-order chi connectivity index (χ1) is 12.6. The van der Waals surface area contributed by atoms with Gasteiger partial charge in [-0.1, -0.05) is 6.92 Å². The number of aromatic nitrogens is 2. The van der Waals surface area contributed by atoms with Gasteiger partial charge in [0, 0.05) is 50.8 Å². The fourth-order valence-corrected chi connectivity index (χ4v) is 4.66. The second-order valence-corrected chi connectivity index (χ2v) is 8.49. The van der Waals surface area contributed by atoms with Crippen molar-refractivity contribution in [2.24, 2.45) is 11.3 Å². The fraction of sp³-hybridized carbons (Fsp3) is 0.750. The van der Waals surface area contributed by atoms with Crippen molar-refractivity contribution < 1.29 is 9.59 Å². The van der Waals surface area contributed by atoms with Gasteiger partial charge in [-0.05, 0) is 50.5 Å². The maximum Gasteiger partial charge on any atom is 0.272 e. The molecule has 3 aliphatic rings. The molecule has 0 bridgehead atoms. The highest BCUT2D eigenvalue weighted by molar-refractivity contribution is 5.92. The Labute approximate surface area is 155 Å². The molecule has 3 fully saturated rings. The number of amides is 2. The summed E-state index contributed by atoms with van der Waals surface area (Å²) in [4.78, 5) is 29.5. The first-order valence-corrected chi connectivity index (χ1v) is 10.2. The van der Waals surface area contributed by atoms with Gasteiger partial charge in [-0.15, -0.1) is 0 Å². The van der Waals surface area contributed by atoms with Crippen molar-refractivity contribution in [1.82, 2.24) is 19.6 Å². The molecular weight excluding hydrogens is 328 g/mol. The number of carbonyl (C=O) groups excluding carboxylic acids is 2. The highest BCUT2D eigenvalue weighted by Gasteiger charge is 2.44. The van der Waals surface area contributed by atoms with Gasteiger partial charge in [0.05, 0.1) is 0 Å². The van der Waals surface area contributed by atoms with E-state index in [4.69, 9.17) is 0 Å². The molecule has 1 saturated carbocycles. The molecule has 2 amide bonds. The third kappa shape index (κ3) is 3.51. The highest BCUT2D eigenvalue weighted by atomic mass is 16.2. The fourth-order valence-electron chi connectivity index (χ4n) is 4.66. The number of aryl methyl sites for hydroxylation is 1. The van der Waals surface area contributed by atoms with E-state index in [1.165, 1.54) is 12.8 Å². The van der Waals surface area contributed by atoms with E-state index in [1.807, 2.05) is 15.6 Å². The lowest BCUT2D eigenvalue weighted by Gasteiger charge is -2.48. The Hall–Kier alpha value is -1.85. The normalized spacial score (nSPS) is 26.6. The molecule has 0 radical (unpaired) electrons. The van der Waals surface area contributed by atoms with Crippen LogP contribution in [0, 0.1) is 11.3 Å². The van der Waals surface area contributed by atoms with Crippen molar-refractivity contribution in [2.45, 2.75) is 58.4 Å². The molecule has 0 aromatic carbocycles. The molecule has 4 rings (SSSR count). The van der Waals surface area contributed by atoms with Crippen LogP contribution in [-0.2, 0) is 11.3 Å². The topological polar surface area (TPSA) is 58.4 Å². The number of likely N-dealkylation sites (tertiary alicyclic amines) is 2. The molecule has 26 heavy (non-hydrogen) atoms. The predicted molar refractivity (Wildman–Crippen MR) is 98.6 cm³/mol. The van der Waals surface area contributed by atoms with E-state index >= 15 is 0 Å². The Kier molecular flexibility index (Phi) is 4.76. The van der Waals surface area contributed by atoms with Gasteiger partial charge in [-0.3, -0.25) is 14.3 Å². The highest BCUT2D eigenvalue weighted by Crippen LogP contribution is 2.41. The van der Waals surface area contributed by atoms with E-state index in [0.717, 1.165) is 64.3 Å². The lowest BCUT2D eigenvalue weighted by Crippen LogP contribution is -2.55. The van der Waals surface area contributed by atoms with Crippen LogP contribution in [0.15, 0.2) is 12.3 Å². The molecule has 1 atom stereocenters. The van der Waals surface area contributed by atoms with Gasteiger partial charge in [0.1, 0.15) is 5.69 Å². The van der Waals surface area contributed by atoms with E-state index in [-0.39, 0.29) is 11.3 Å². The molecule has 142 valence electrons. The van der Waals surface area contributed by atoms with E-state index in [9.17, 15) is 9.59 Å². The lowest BCUT2D eigenvalue weighted by molar-refractivity contribution is -0.139. The van der Waals surface area contributed by atoms with Gasteiger partial charge in [0.25, 0.3) is 5.91 Å². The molecule has 1 aliphatic carbocycles. The number of rotatable bonds is 5. The number of hydrogen-bond donors (Lipinski definition) is 0. The predicted octanol–water partition coefficient (Wildman–Crippen LogP) is 2.55. The van der Waals surface area contributed by atoms with Crippen molar-refractivity contribution in [3.8, 4) is 0 Å². The van der Waals surface area contributed by atoms with Gasteiger partial charge >= 0.3 is 0 Å². The van der Waals surface area contributed by atoms with Crippen LogP contribution < -0.4 is 0 Å². The second-order valence-electron chi connectivity index (χ2n) is 8.49. The zero-order valence-electron chi connectivity index (χ0n) is 15.8. The van der Waals surface area contributed by atoms with Crippen LogP contribution in [0.3, 0.4) is 0 Å². The Balaban J connectivity index is 1.47. The van der Waals surface area contributed by atoms with Crippen molar-refractivity contribution in [2.75, 3.05) is 26.2 Å². The summed E-state index contributed by atoms with van der Waals surface area (Å²) < 4.78 is 1.83. The van der Waals surface area contributed by atoms with Gasteiger partial charge < -0.3 is 9.80 Å². The van der Waals surface area contributed by atoms with Crippen LogP contribution in [0.2, 0.25) is 0 Å². The largest absolute Gasteiger partial charge is 0.342 e. The van der Waals surface area contributed by atoms with Crippen LogP contribution in [0.4, 0.5) is 0 Å². The average molecular weight is 358 g/mol. The molecule has 0 N–H and O–H groups in total. The van der Waals surface area contributed by atoms with Gasteiger partial charge in [0.2, 0.25) is 5.91 Å². The Morgan fingerprint density at radius 1 is 1.31 bits per heavy atom. The molecule has 1 unspecified atom stereocenters. The quantitative estimate of drug-likeness (QED) is 0.813. The molecule has 1 spiro atoms. The molecule has 2 saturated heterocycles. The standard InChI is InChI=1S/C20H30N4O2/c1-2-11-24-17(7-10-21-24)19(26)22-12-3-8-20(14-22)9-6-18(25)23(15-20)13-16-4-5-16/h7,10,16H,2-6,8-9,11-15H2,1H3. The number of piperidine rings is 2. The van der Waals surface area contributed by atoms with Gasteiger partial charge in [-0.2, -0.15) is 5.10 Å². The van der Waals surface area contributed by atoms with Crippen LogP contribution in [0.25, 0.3) is 0 Å². The summed E-state index contributed by atoms with van der Waals surface area (Å²) in [6, 6.07) is 1.84. The average Bonchev–Trinajstić information content (AvgIpc) is 3.34. The minimum atomic E-state index is 0.0896. The molecule has 2 aliphatic heterocycles. The summed E-state index contributed by atoms with van der Waals surface area (Å²) in [5, 5.41) is 4.30. The lowest BCUT2D eigenvalue weighted by atomic mass is 9.73. The zero-order chi connectivity index (χ0) is 18.1. The third-order valence-corrected chi connectivity index (χ3v) is 6.24. The Morgan fingerprint density at radius 3 is 2.92 bits per heavy atom. The number of nitrogens with zero attached hydrogens (tertiary/aromatic N) is 4. The van der Waals surface area contributed by atoms with Gasteiger partial charge in [0.15, 0.2) is 0 Å². The minimum absolute atomic E-state index is 0.0896. The first kappa shape index (κ1) is 17.6. The second kappa shape index (κ2) is 7.05. The first-order valence-electron chi connectivity index (χ1n) is 10.2. The van der Waals surface area contributed by atoms with E-state index in [2.05, 4.69) is 16.9 Å². The van der Waals surface area contributed by atoms with Crippen LogP contribution in [-0.4, -0.2) is 57.6 Å². The van der Waals surface area contributed by atoms with Crippen LogP contribution >= 0.6 is 0 Å². The summed E-state index contributed by atoms with van der Waals surface area (Å²) >= 11 is 0.